The number of furan rings is 1. The van der Waals surface area contributed by atoms with Crippen LogP contribution >= 0.6 is 15.9 Å². The number of fused-ring (bicyclic) bond motifs is 1. The molecule has 0 radical (unpaired) electrons. The number of nitrogens with zero attached hydrogens (tertiary/aromatic N) is 2. The van der Waals surface area contributed by atoms with Gasteiger partial charge in [0.15, 0.2) is 16.3 Å². The molecule has 0 amide bonds. The van der Waals surface area contributed by atoms with Crippen molar-refractivity contribution in [2.75, 3.05) is 0 Å². The molecule has 1 aliphatic heterocycles. The van der Waals surface area contributed by atoms with Gasteiger partial charge in [-0.05, 0) is 40.9 Å². The van der Waals surface area contributed by atoms with E-state index in [0.29, 0.717) is 0 Å². The second-order valence-electron chi connectivity index (χ2n) is 4.09. The Morgan fingerprint density at radius 3 is 3.12 bits per heavy atom. The molecule has 0 bridgehead atoms. The number of rotatable bonds is 1. The predicted molar refractivity (Wildman–Crippen MR) is 63.9 cm³/mol. The van der Waals surface area contributed by atoms with E-state index in [1.807, 2.05) is 18.3 Å². The van der Waals surface area contributed by atoms with Gasteiger partial charge in [0.05, 0.1) is 0 Å². The Labute approximate surface area is 102 Å². The molecule has 0 saturated heterocycles. The van der Waals surface area contributed by atoms with Gasteiger partial charge in [0.1, 0.15) is 0 Å². The smallest absolute Gasteiger partial charge is 0.176 e. The monoisotopic (exact) mass is 281 g/mol. The lowest BCUT2D eigenvalue weighted by Gasteiger charge is -2.21. The Hall–Kier alpha value is -1.07. The minimum Gasteiger partial charge on any atom is -0.446 e. The van der Waals surface area contributed by atoms with Gasteiger partial charge in [-0.2, -0.15) is 0 Å². The summed E-state index contributed by atoms with van der Waals surface area (Å²) < 4.78 is 8.40. The van der Waals surface area contributed by atoms with Crippen LogP contribution in [0.3, 0.4) is 0 Å². The number of hydrogen-bond donors (Lipinski definition) is 1. The number of aromatic nitrogens is 2. The van der Waals surface area contributed by atoms with Crippen LogP contribution in [0.1, 0.15) is 12.1 Å². The first kappa shape index (κ1) is 10.1. The molecule has 16 heavy (non-hydrogen) atoms. The Kier molecular flexibility index (Phi) is 2.37. The lowest BCUT2D eigenvalue weighted by atomic mass is 10.1. The Balaban J connectivity index is 2.06. The molecule has 0 saturated carbocycles. The summed E-state index contributed by atoms with van der Waals surface area (Å²) in [5.41, 5.74) is 7.21. The summed E-state index contributed by atoms with van der Waals surface area (Å²) in [4.78, 5) is 4.41. The summed E-state index contributed by atoms with van der Waals surface area (Å²) in [7, 11) is 0. The zero-order valence-corrected chi connectivity index (χ0v) is 10.3. The first-order valence-corrected chi connectivity index (χ1v) is 6.09. The average Bonchev–Trinajstić information content (AvgIpc) is 2.83. The van der Waals surface area contributed by atoms with Crippen LogP contribution in [0.4, 0.5) is 0 Å². The standard InChI is InChI=1S/C11H12BrN3O/c12-10-4-3-9(16-10)11-14-5-8-2-1-7(13)6-15(8)11/h3-5,7H,1-2,6,13H2. The zero-order chi connectivity index (χ0) is 11.1. The molecular formula is C11H12BrN3O. The molecule has 3 heterocycles. The number of hydrogen-bond acceptors (Lipinski definition) is 3. The molecule has 2 aromatic rings. The van der Waals surface area contributed by atoms with Gasteiger partial charge in [0.2, 0.25) is 0 Å². The maximum atomic E-state index is 5.97. The fourth-order valence-corrected chi connectivity index (χ4v) is 2.41. The molecule has 0 spiro atoms. The van der Waals surface area contributed by atoms with Crippen LogP contribution in [0.2, 0.25) is 0 Å². The van der Waals surface area contributed by atoms with Gasteiger partial charge < -0.3 is 14.7 Å². The van der Waals surface area contributed by atoms with Gasteiger partial charge in [-0.25, -0.2) is 4.98 Å². The van der Waals surface area contributed by atoms with Gasteiger partial charge in [-0.15, -0.1) is 0 Å². The minimum atomic E-state index is 0.221. The summed E-state index contributed by atoms with van der Waals surface area (Å²) in [5, 5.41) is 0. The molecule has 4 nitrogen and oxygen atoms in total. The molecule has 5 heteroatoms. The highest BCUT2D eigenvalue weighted by atomic mass is 79.9. The fraction of sp³-hybridized carbons (Fsp3) is 0.364. The largest absolute Gasteiger partial charge is 0.446 e. The van der Waals surface area contributed by atoms with Crippen molar-refractivity contribution in [2.24, 2.45) is 5.73 Å². The predicted octanol–water partition coefficient (Wildman–Crippen LogP) is 2.18. The van der Waals surface area contributed by atoms with Gasteiger partial charge in [0, 0.05) is 24.5 Å². The van der Waals surface area contributed by atoms with E-state index in [1.165, 1.54) is 5.69 Å². The van der Waals surface area contributed by atoms with Crippen molar-refractivity contribution in [3.05, 3.63) is 28.7 Å². The molecule has 1 unspecified atom stereocenters. The summed E-state index contributed by atoms with van der Waals surface area (Å²) in [6.45, 7) is 0.822. The number of aryl methyl sites for hydroxylation is 1. The lowest BCUT2D eigenvalue weighted by Crippen LogP contribution is -2.31. The molecule has 0 aromatic carbocycles. The summed E-state index contributed by atoms with van der Waals surface area (Å²) in [6.07, 6.45) is 3.95. The molecule has 1 atom stereocenters. The number of halogens is 1. The SMILES string of the molecule is NC1CCc2cnc(-c3ccc(Br)o3)n2C1. The normalized spacial score (nSPS) is 19.8. The van der Waals surface area contributed by atoms with Crippen LogP contribution in [0.25, 0.3) is 11.6 Å². The van der Waals surface area contributed by atoms with Crippen molar-refractivity contribution in [1.29, 1.82) is 0 Å². The van der Waals surface area contributed by atoms with Gasteiger partial charge in [0.25, 0.3) is 0 Å². The first-order valence-electron chi connectivity index (χ1n) is 5.30. The van der Waals surface area contributed by atoms with Gasteiger partial charge >= 0.3 is 0 Å². The zero-order valence-electron chi connectivity index (χ0n) is 8.69. The maximum absolute atomic E-state index is 5.97. The molecule has 84 valence electrons. The van der Waals surface area contributed by atoms with Crippen molar-refractivity contribution >= 4 is 15.9 Å². The first-order chi connectivity index (χ1) is 7.74. The number of imidazole rings is 1. The Morgan fingerprint density at radius 2 is 2.38 bits per heavy atom. The highest BCUT2D eigenvalue weighted by Crippen LogP contribution is 2.27. The van der Waals surface area contributed by atoms with E-state index in [2.05, 4.69) is 25.5 Å². The van der Waals surface area contributed by atoms with E-state index < -0.39 is 0 Å². The third-order valence-electron chi connectivity index (χ3n) is 2.92. The highest BCUT2D eigenvalue weighted by Gasteiger charge is 2.20. The van der Waals surface area contributed by atoms with Gasteiger partial charge in [-0.3, -0.25) is 0 Å². The molecule has 0 fully saturated rings. The molecule has 2 aromatic heterocycles. The molecule has 1 aliphatic rings. The third kappa shape index (κ3) is 1.60. The topological polar surface area (TPSA) is 57.0 Å². The maximum Gasteiger partial charge on any atom is 0.176 e. The second kappa shape index (κ2) is 3.75. The molecular weight excluding hydrogens is 270 g/mol. The third-order valence-corrected chi connectivity index (χ3v) is 3.35. The molecule has 0 aliphatic carbocycles. The van der Waals surface area contributed by atoms with Crippen molar-refractivity contribution in [3.63, 3.8) is 0 Å². The van der Waals surface area contributed by atoms with Crippen molar-refractivity contribution in [3.8, 4) is 11.6 Å². The Bertz CT molecular complexity index is 517. The fourth-order valence-electron chi connectivity index (χ4n) is 2.10. The second-order valence-corrected chi connectivity index (χ2v) is 4.87. The average molecular weight is 282 g/mol. The Morgan fingerprint density at radius 1 is 1.50 bits per heavy atom. The van der Waals surface area contributed by atoms with E-state index in [9.17, 15) is 0 Å². The van der Waals surface area contributed by atoms with Crippen molar-refractivity contribution < 1.29 is 4.42 Å². The summed E-state index contributed by atoms with van der Waals surface area (Å²) >= 11 is 3.30. The highest BCUT2D eigenvalue weighted by molar-refractivity contribution is 9.10. The summed E-state index contributed by atoms with van der Waals surface area (Å²) in [6, 6.07) is 4.01. The summed E-state index contributed by atoms with van der Waals surface area (Å²) in [5.74, 6) is 1.66. The van der Waals surface area contributed by atoms with Crippen LogP contribution in [-0.4, -0.2) is 15.6 Å². The van der Waals surface area contributed by atoms with Crippen LogP contribution in [0, 0.1) is 0 Å². The van der Waals surface area contributed by atoms with Crippen molar-refractivity contribution in [2.45, 2.75) is 25.4 Å². The van der Waals surface area contributed by atoms with Gasteiger partial charge in [-0.1, -0.05) is 0 Å². The van der Waals surface area contributed by atoms with Crippen molar-refractivity contribution in [1.82, 2.24) is 9.55 Å². The van der Waals surface area contributed by atoms with E-state index in [1.54, 1.807) is 0 Å². The van der Waals surface area contributed by atoms with Crippen LogP contribution < -0.4 is 5.73 Å². The number of nitrogens with two attached hydrogens (primary N) is 1. The van der Waals surface area contributed by atoms with E-state index in [-0.39, 0.29) is 6.04 Å². The minimum absolute atomic E-state index is 0.221. The lowest BCUT2D eigenvalue weighted by molar-refractivity contribution is 0.457. The van der Waals surface area contributed by atoms with Crippen LogP contribution in [-0.2, 0) is 13.0 Å². The molecule has 3 rings (SSSR count). The quantitative estimate of drug-likeness (QED) is 0.872. The van der Waals surface area contributed by atoms with Crippen LogP contribution in [0.5, 0.6) is 0 Å². The molecule has 2 N–H and O–H groups in total. The van der Waals surface area contributed by atoms with E-state index in [0.717, 1.165) is 35.6 Å². The van der Waals surface area contributed by atoms with Crippen LogP contribution in [0.15, 0.2) is 27.4 Å². The van der Waals surface area contributed by atoms with E-state index >= 15 is 0 Å². The van der Waals surface area contributed by atoms with E-state index in [4.69, 9.17) is 10.2 Å².